The van der Waals surface area contributed by atoms with Gasteiger partial charge in [0, 0.05) is 26.2 Å². The molecule has 0 atom stereocenters. The zero-order valence-corrected chi connectivity index (χ0v) is 15.7. The normalized spacial score (nSPS) is 28.4. The molecular formula is C18H36N2OS. The molecular weight excluding hydrogens is 292 g/mol. The summed E-state index contributed by atoms with van der Waals surface area (Å²) in [6.07, 6.45) is 12.8. The smallest absolute Gasteiger partial charge is 0.0578 e. The minimum absolute atomic E-state index is 0.396. The lowest BCUT2D eigenvalue weighted by Crippen LogP contribution is -2.43. The fourth-order valence-electron chi connectivity index (χ4n) is 3.85. The fraction of sp³-hybridized carbons (Fsp3) is 1.00. The van der Waals surface area contributed by atoms with Crippen molar-refractivity contribution in [2.45, 2.75) is 71.0 Å². The number of unbranched alkanes of at least 4 members (excludes halogenated alkanes) is 1. The molecule has 0 radical (unpaired) electrons. The highest BCUT2D eigenvalue weighted by Gasteiger charge is 2.22. The monoisotopic (exact) mass is 328 g/mol. The third-order valence-electron chi connectivity index (χ3n) is 5.18. The van der Waals surface area contributed by atoms with Gasteiger partial charge >= 0.3 is 0 Å². The van der Waals surface area contributed by atoms with Gasteiger partial charge in [-0.15, -0.1) is 0 Å². The van der Waals surface area contributed by atoms with Gasteiger partial charge in [-0.25, -0.2) is 4.31 Å². The van der Waals surface area contributed by atoms with Gasteiger partial charge < -0.3 is 9.64 Å². The van der Waals surface area contributed by atoms with Crippen LogP contribution in [0.5, 0.6) is 0 Å². The van der Waals surface area contributed by atoms with E-state index in [1.807, 2.05) is 11.9 Å². The van der Waals surface area contributed by atoms with Crippen LogP contribution in [0.1, 0.15) is 58.8 Å². The Morgan fingerprint density at radius 1 is 1.00 bits per heavy atom. The van der Waals surface area contributed by atoms with Crippen molar-refractivity contribution >= 4 is 11.9 Å². The van der Waals surface area contributed by atoms with Gasteiger partial charge in [-0.1, -0.05) is 24.8 Å². The topological polar surface area (TPSA) is 15.7 Å². The molecule has 0 N–H and O–H groups in total. The van der Waals surface area contributed by atoms with Gasteiger partial charge in [-0.3, -0.25) is 0 Å². The molecule has 0 aromatic carbocycles. The molecule has 4 heteroatoms. The summed E-state index contributed by atoms with van der Waals surface area (Å²) in [5.41, 5.74) is 0. The Morgan fingerprint density at radius 3 is 2.27 bits per heavy atom. The minimum Gasteiger partial charge on any atom is -0.376 e. The predicted octanol–water partition coefficient (Wildman–Crippen LogP) is 4.04. The molecule has 3 nitrogen and oxygen atoms in total. The van der Waals surface area contributed by atoms with Crippen LogP contribution >= 0.6 is 11.9 Å². The van der Waals surface area contributed by atoms with E-state index >= 15 is 0 Å². The third kappa shape index (κ3) is 6.77. The molecule has 1 aliphatic carbocycles. The number of hydrogen-bond donors (Lipinski definition) is 0. The Labute approximate surface area is 142 Å². The summed E-state index contributed by atoms with van der Waals surface area (Å²) in [5.74, 6) is 0.973. The van der Waals surface area contributed by atoms with Crippen LogP contribution in [-0.4, -0.2) is 60.4 Å². The van der Waals surface area contributed by atoms with Gasteiger partial charge in [0.1, 0.15) is 0 Å². The van der Waals surface area contributed by atoms with Gasteiger partial charge in [0.25, 0.3) is 0 Å². The van der Waals surface area contributed by atoms with Gasteiger partial charge in [-0.2, -0.15) is 0 Å². The summed E-state index contributed by atoms with van der Waals surface area (Å²) in [5, 5.41) is 0. The molecule has 2 rings (SSSR count). The highest BCUT2D eigenvalue weighted by atomic mass is 32.2. The Bertz CT molecular complexity index is 285. The van der Waals surface area contributed by atoms with Crippen LogP contribution in [0, 0.1) is 5.92 Å². The second-order valence-electron chi connectivity index (χ2n) is 7.28. The summed E-state index contributed by atoms with van der Waals surface area (Å²) < 4.78 is 8.43. The quantitative estimate of drug-likeness (QED) is 0.493. The van der Waals surface area contributed by atoms with E-state index in [0.717, 1.165) is 5.92 Å². The van der Waals surface area contributed by atoms with E-state index in [4.69, 9.17) is 4.74 Å². The number of nitrogens with zero attached hydrogens (tertiary/aromatic N) is 2. The molecule has 2 aliphatic rings. The van der Waals surface area contributed by atoms with Crippen molar-refractivity contribution in [2.75, 3.05) is 39.0 Å². The largest absolute Gasteiger partial charge is 0.376 e. The predicted molar refractivity (Wildman–Crippen MR) is 97.3 cm³/mol. The molecule has 0 bridgehead atoms. The van der Waals surface area contributed by atoms with Crippen molar-refractivity contribution in [1.82, 2.24) is 9.21 Å². The number of rotatable bonds is 8. The summed E-state index contributed by atoms with van der Waals surface area (Å²) in [7, 11) is 0. The Hall–Kier alpha value is 0.230. The van der Waals surface area contributed by atoms with Crippen molar-refractivity contribution in [3.63, 3.8) is 0 Å². The summed E-state index contributed by atoms with van der Waals surface area (Å²) in [6.45, 7) is 10.6. The summed E-state index contributed by atoms with van der Waals surface area (Å²) >= 11 is 1.89. The van der Waals surface area contributed by atoms with Crippen molar-refractivity contribution < 1.29 is 4.74 Å². The van der Waals surface area contributed by atoms with Gasteiger partial charge in [0.05, 0.1) is 12.2 Å². The first-order valence-corrected chi connectivity index (χ1v) is 10.5. The molecule has 0 amide bonds. The molecule has 0 aromatic heterocycles. The maximum Gasteiger partial charge on any atom is 0.0578 e. The maximum atomic E-state index is 5.95. The van der Waals surface area contributed by atoms with E-state index in [-0.39, 0.29) is 0 Å². The molecule has 130 valence electrons. The second-order valence-corrected chi connectivity index (χ2v) is 8.16. The molecule has 1 saturated heterocycles. The average molecular weight is 329 g/mol. The van der Waals surface area contributed by atoms with Crippen LogP contribution in [0.2, 0.25) is 0 Å². The average Bonchev–Trinajstić information content (AvgIpc) is 2.53. The Balaban J connectivity index is 1.48. The summed E-state index contributed by atoms with van der Waals surface area (Å²) in [6, 6.07) is 0. The first kappa shape index (κ1) is 18.6. The first-order chi connectivity index (χ1) is 10.7. The molecule has 1 saturated carbocycles. The highest BCUT2D eigenvalue weighted by Crippen LogP contribution is 2.30. The van der Waals surface area contributed by atoms with Gasteiger partial charge in [-0.05, 0) is 64.7 Å². The van der Waals surface area contributed by atoms with Crippen molar-refractivity contribution in [3.05, 3.63) is 0 Å². The first-order valence-electron chi connectivity index (χ1n) is 9.34. The maximum absolute atomic E-state index is 5.95. The van der Waals surface area contributed by atoms with Crippen LogP contribution in [0.3, 0.4) is 0 Å². The van der Waals surface area contributed by atoms with Gasteiger partial charge in [0.15, 0.2) is 0 Å². The van der Waals surface area contributed by atoms with E-state index in [1.165, 1.54) is 77.7 Å². The Morgan fingerprint density at radius 2 is 1.68 bits per heavy atom. The number of piperazine rings is 1. The van der Waals surface area contributed by atoms with E-state index in [2.05, 4.69) is 29.3 Å². The van der Waals surface area contributed by atoms with Crippen molar-refractivity contribution in [1.29, 1.82) is 0 Å². The molecule has 2 fully saturated rings. The molecule has 0 unspecified atom stereocenters. The van der Waals surface area contributed by atoms with E-state index in [9.17, 15) is 0 Å². The third-order valence-corrected chi connectivity index (χ3v) is 6.07. The van der Waals surface area contributed by atoms with Crippen LogP contribution in [0.4, 0.5) is 0 Å². The van der Waals surface area contributed by atoms with E-state index in [0.29, 0.717) is 12.2 Å². The lowest BCUT2D eigenvalue weighted by atomic mass is 9.84. The van der Waals surface area contributed by atoms with Crippen LogP contribution < -0.4 is 0 Å². The zero-order chi connectivity index (χ0) is 15.8. The SMILES string of the molecule is CSN1CCN(CCCCC2CCC(OC(C)C)CC2)CC1. The fourth-order valence-corrected chi connectivity index (χ4v) is 4.37. The zero-order valence-electron chi connectivity index (χ0n) is 14.9. The van der Waals surface area contributed by atoms with Crippen molar-refractivity contribution in [3.8, 4) is 0 Å². The molecule has 0 aromatic rings. The van der Waals surface area contributed by atoms with Crippen LogP contribution in [0.25, 0.3) is 0 Å². The van der Waals surface area contributed by atoms with E-state index in [1.54, 1.807) is 0 Å². The van der Waals surface area contributed by atoms with Crippen LogP contribution in [-0.2, 0) is 4.74 Å². The van der Waals surface area contributed by atoms with Crippen molar-refractivity contribution in [2.24, 2.45) is 5.92 Å². The second kappa shape index (κ2) is 10.2. The van der Waals surface area contributed by atoms with E-state index < -0.39 is 0 Å². The molecule has 22 heavy (non-hydrogen) atoms. The molecule has 1 heterocycles. The molecule has 0 spiro atoms. The lowest BCUT2D eigenvalue weighted by Gasteiger charge is -2.33. The molecule has 1 aliphatic heterocycles. The number of ether oxygens (including phenoxy) is 1. The summed E-state index contributed by atoms with van der Waals surface area (Å²) in [4.78, 5) is 2.65. The lowest BCUT2D eigenvalue weighted by molar-refractivity contribution is -0.0203. The van der Waals surface area contributed by atoms with Gasteiger partial charge in [0.2, 0.25) is 0 Å². The Kier molecular flexibility index (Phi) is 8.58. The van der Waals surface area contributed by atoms with Crippen LogP contribution in [0.15, 0.2) is 0 Å². The number of hydrogen-bond acceptors (Lipinski definition) is 4. The minimum atomic E-state index is 0.396. The highest BCUT2D eigenvalue weighted by molar-refractivity contribution is 7.96. The standard InChI is InChI=1S/C18H36N2OS/c1-16(2)21-18-9-7-17(8-10-18)6-4-5-11-19-12-14-20(22-3)15-13-19/h16-18H,4-15H2,1-3H3.